The van der Waals surface area contributed by atoms with E-state index >= 15 is 0 Å². The average molecular weight is 315 g/mol. The molecule has 2 atom stereocenters. The third kappa shape index (κ3) is 3.24. The predicted molar refractivity (Wildman–Crippen MR) is 78.6 cm³/mol. The molecule has 0 spiro atoms. The fraction of sp³-hybridized carbons (Fsp3) is 0.615. The maximum atomic E-state index is 4.24. The Hall–Kier alpha value is -0.0600. The van der Waals surface area contributed by atoms with Crippen LogP contribution in [0.15, 0.2) is 22.9 Å². The van der Waals surface area contributed by atoms with Gasteiger partial charge in [0, 0.05) is 27.7 Å². The Morgan fingerprint density at radius 2 is 2.41 bits per heavy atom. The van der Waals surface area contributed by atoms with Crippen LogP contribution in [0, 0.1) is 0 Å². The summed E-state index contributed by atoms with van der Waals surface area (Å²) in [5.41, 5.74) is 1.30. The van der Waals surface area contributed by atoms with E-state index in [9.17, 15) is 0 Å². The summed E-state index contributed by atoms with van der Waals surface area (Å²) < 4.78 is 1.44. The fourth-order valence-corrected chi connectivity index (χ4v) is 4.36. The smallest absolute Gasteiger partial charge is 0.0410 e. The summed E-state index contributed by atoms with van der Waals surface area (Å²) in [4.78, 5) is 4.24. The monoisotopic (exact) mass is 314 g/mol. The van der Waals surface area contributed by atoms with Gasteiger partial charge in [0.15, 0.2) is 0 Å². The molecule has 1 N–H and O–H groups in total. The topological polar surface area (TPSA) is 24.9 Å². The van der Waals surface area contributed by atoms with Gasteiger partial charge in [-0.1, -0.05) is 0 Å². The molecule has 2 unspecified atom stereocenters. The van der Waals surface area contributed by atoms with E-state index in [1.807, 2.05) is 12.4 Å². The lowest BCUT2D eigenvalue weighted by molar-refractivity contribution is 0.423. The highest BCUT2D eigenvalue weighted by Crippen LogP contribution is 2.41. The Morgan fingerprint density at radius 3 is 3.00 bits per heavy atom. The molecule has 0 bridgehead atoms. The standard InChI is InChI=1S/C13H19BrN2S/c1-13(4-3-5-17-13)12(15-2)7-10-6-11(14)9-16-8-10/h6,8-9,12,15H,3-5,7H2,1-2H3. The number of hydrogen-bond acceptors (Lipinski definition) is 3. The molecule has 1 aliphatic heterocycles. The van der Waals surface area contributed by atoms with Crippen LogP contribution >= 0.6 is 27.7 Å². The number of hydrogen-bond donors (Lipinski definition) is 1. The lowest BCUT2D eigenvalue weighted by Crippen LogP contribution is -2.45. The van der Waals surface area contributed by atoms with E-state index in [4.69, 9.17) is 0 Å². The van der Waals surface area contributed by atoms with Gasteiger partial charge in [0.25, 0.3) is 0 Å². The zero-order valence-corrected chi connectivity index (χ0v) is 12.8. The molecule has 1 aliphatic rings. The van der Waals surface area contributed by atoms with Crippen molar-refractivity contribution in [3.05, 3.63) is 28.5 Å². The quantitative estimate of drug-likeness (QED) is 0.923. The van der Waals surface area contributed by atoms with Crippen molar-refractivity contribution in [3.8, 4) is 0 Å². The van der Waals surface area contributed by atoms with Gasteiger partial charge < -0.3 is 5.32 Å². The van der Waals surface area contributed by atoms with Crippen LogP contribution in [0.4, 0.5) is 0 Å². The molecule has 0 amide bonds. The molecule has 2 nitrogen and oxygen atoms in total. The minimum Gasteiger partial charge on any atom is -0.315 e. The Kier molecular flexibility index (Phi) is 4.50. The highest BCUT2D eigenvalue weighted by Gasteiger charge is 2.36. The minimum atomic E-state index is 0.372. The minimum absolute atomic E-state index is 0.372. The number of halogens is 1. The molecule has 1 aromatic heterocycles. The van der Waals surface area contributed by atoms with Crippen molar-refractivity contribution in [2.75, 3.05) is 12.8 Å². The molecule has 2 rings (SSSR count). The first-order valence-corrected chi connectivity index (χ1v) is 7.82. The zero-order valence-electron chi connectivity index (χ0n) is 10.4. The van der Waals surface area contributed by atoms with Crippen molar-refractivity contribution in [1.29, 1.82) is 0 Å². The van der Waals surface area contributed by atoms with Crippen molar-refractivity contribution >= 4 is 27.7 Å². The third-order valence-corrected chi connectivity index (χ3v) is 5.61. The molecule has 0 saturated carbocycles. The van der Waals surface area contributed by atoms with Gasteiger partial charge >= 0.3 is 0 Å². The van der Waals surface area contributed by atoms with Gasteiger partial charge in [-0.05, 0) is 66.5 Å². The Morgan fingerprint density at radius 1 is 1.59 bits per heavy atom. The number of thioether (sulfide) groups is 1. The molecule has 0 aliphatic carbocycles. The van der Waals surface area contributed by atoms with Gasteiger partial charge in [-0.3, -0.25) is 4.98 Å². The van der Waals surface area contributed by atoms with E-state index in [0.717, 1.165) is 10.9 Å². The van der Waals surface area contributed by atoms with E-state index in [-0.39, 0.29) is 0 Å². The molecule has 1 saturated heterocycles. The van der Waals surface area contributed by atoms with Crippen LogP contribution in [0.2, 0.25) is 0 Å². The summed E-state index contributed by atoms with van der Waals surface area (Å²) in [5, 5.41) is 3.49. The van der Waals surface area contributed by atoms with E-state index in [1.165, 1.54) is 24.2 Å². The molecule has 0 radical (unpaired) electrons. The van der Waals surface area contributed by atoms with Crippen molar-refractivity contribution in [2.45, 2.75) is 37.0 Å². The Labute approximate surface area is 116 Å². The van der Waals surface area contributed by atoms with Crippen LogP contribution in [0.1, 0.15) is 25.3 Å². The zero-order chi connectivity index (χ0) is 12.3. The van der Waals surface area contributed by atoms with Crippen LogP contribution < -0.4 is 5.32 Å². The Balaban J connectivity index is 2.09. The maximum Gasteiger partial charge on any atom is 0.0410 e. The number of rotatable bonds is 4. The molecule has 4 heteroatoms. The van der Waals surface area contributed by atoms with E-state index < -0.39 is 0 Å². The molecule has 1 aromatic rings. The van der Waals surface area contributed by atoms with E-state index in [1.54, 1.807) is 0 Å². The summed E-state index contributed by atoms with van der Waals surface area (Å²) >= 11 is 5.59. The highest BCUT2D eigenvalue weighted by atomic mass is 79.9. The van der Waals surface area contributed by atoms with Gasteiger partial charge in [0.2, 0.25) is 0 Å². The number of likely N-dealkylation sites (N-methyl/N-ethyl adjacent to an activating group) is 1. The van der Waals surface area contributed by atoms with Crippen molar-refractivity contribution in [2.24, 2.45) is 0 Å². The molecular weight excluding hydrogens is 296 g/mol. The van der Waals surface area contributed by atoms with Gasteiger partial charge in [-0.25, -0.2) is 0 Å². The summed E-state index contributed by atoms with van der Waals surface area (Å²) in [6, 6.07) is 2.69. The largest absolute Gasteiger partial charge is 0.315 e. The number of aromatic nitrogens is 1. The molecule has 17 heavy (non-hydrogen) atoms. The van der Waals surface area contributed by atoms with Crippen molar-refractivity contribution < 1.29 is 0 Å². The SMILES string of the molecule is CNC(Cc1cncc(Br)c1)C1(C)CCCS1. The molecule has 94 valence electrons. The second kappa shape index (κ2) is 5.72. The first kappa shape index (κ1) is 13.4. The van der Waals surface area contributed by atoms with Gasteiger partial charge in [0.05, 0.1) is 0 Å². The lowest BCUT2D eigenvalue weighted by atomic mass is 9.91. The maximum absolute atomic E-state index is 4.24. The van der Waals surface area contributed by atoms with E-state index in [0.29, 0.717) is 10.8 Å². The molecule has 2 heterocycles. The van der Waals surface area contributed by atoms with Crippen LogP contribution in [0.3, 0.4) is 0 Å². The van der Waals surface area contributed by atoms with Gasteiger partial charge in [-0.2, -0.15) is 11.8 Å². The van der Waals surface area contributed by atoms with E-state index in [2.05, 4.69) is 58.0 Å². The molecular formula is C13H19BrN2S. The van der Waals surface area contributed by atoms with Crippen LogP contribution in [0.25, 0.3) is 0 Å². The van der Waals surface area contributed by atoms with Crippen LogP contribution in [0.5, 0.6) is 0 Å². The number of nitrogens with one attached hydrogen (secondary N) is 1. The fourth-order valence-electron chi connectivity index (χ4n) is 2.50. The average Bonchev–Trinajstić information content (AvgIpc) is 2.74. The summed E-state index contributed by atoms with van der Waals surface area (Å²) in [6.45, 7) is 2.39. The van der Waals surface area contributed by atoms with Crippen LogP contribution in [-0.4, -0.2) is 28.6 Å². The molecule has 0 aromatic carbocycles. The molecule has 1 fully saturated rings. The summed E-state index contributed by atoms with van der Waals surface area (Å²) in [7, 11) is 2.07. The summed E-state index contributed by atoms with van der Waals surface area (Å²) in [6.07, 6.45) is 7.51. The van der Waals surface area contributed by atoms with Crippen LogP contribution in [-0.2, 0) is 6.42 Å². The predicted octanol–water partition coefficient (Wildman–Crippen LogP) is 3.26. The van der Waals surface area contributed by atoms with Gasteiger partial charge in [0.1, 0.15) is 0 Å². The van der Waals surface area contributed by atoms with Crippen molar-refractivity contribution in [3.63, 3.8) is 0 Å². The second-order valence-corrected chi connectivity index (χ2v) is 7.37. The third-order valence-electron chi connectivity index (χ3n) is 3.54. The number of nitrogens with zero attached hydrogens (tertiary/aromatic N) is 1. The first-order chi connectivity index (χ1) is 8.14. The Bertz CT molecular complexity index is 377. The normalized spacial score (nSPS) is 26.1. The van der Waals surface area contributed by atoms with Crippen molar-refractivity contribution in [1.82, 2.24) is 10.3 Å². The second-order valence-electron chi connectivity index (χ2n) is 4.82. The highest BCUT2D eigenvalue weighted by molar-refractivity contribution is 9.10. The number of pyridine rings is 1. The van der Waals surface area contributed by atoms with Gasteiger partial charge in [-0.15, -0.1) is 0 Å². The first-order valence-electron chi connectivity index (χ1n) is 6.05. The lowest BCUT2D eigenvalue weighted by Gasteiger charge is -2.33. The summed E-state index contributed by atoms with van der Waals surface area (Å²) in [5.74, 6) is 1.30.